The van der Waals surface area contributed by atoms with Crippen molar-refractivity contribution in [2.75, 3.05) is 26.9 Å². The van der Waals surface area contributed by atoms with Crippen LogP contribution in [0.3, 0.4) is 0 Å². The van der Waals surface area contributed by atoms with Gasteiger partial charge in [0.2, 0.25) is 0 Å². The van der Waals surface area contributed by atoms with E-state index in [-0.39, 0.29) is 5.60 Å². The molecule has 0 aromatic carbocycles. The van der Waals surface area contributed by atoms with E-state index >= 15 is 0 Å². The van der Waals surface area contributed by atoms with E-state index in [9.17, 15) is 0 Å². The second-order valence-corrected chi connectivity index (χ2v) is 5.86. The monoisotopic (exact) mass is 255 g/mol. The predicted octanol–water partition coefficient (Wildman–Crippen LogP) is 2.74. The summed E-state index contributed by atoms with van der Waals surface area (Å²) in [7, 11) is 1.91. The molecule has 0 radical (unpaired) electrons. The van der Waals surface area contributed by atoms with Gasteiger partial charge in [-0.2, -0.15) is 0 Å². The number of hydrogen-bond donors (Lipinski definition) is 1. The van der Waals surface area contributed by atoms with Crippen LogP contribution in [0.5, 0.6) is 0 Å². The van der Waals surface area contributed by atoms with Crippen LogP contribution in [0.15, 0.2) is 0 Å². The molecule has 1 aliphatic heterocycles. The maximum absolute atomic E-state index is 6.01. The highest BCUT2D eigenvalue weighted by Crippen LogP contribution is 2.40. The minimum atomic E-state index is 0.0944. The number of rotatable bonds is 6. The highest BCUT2D eigenvalue weighted by atomic mass is 16.5. The highest BCUT2D eigenvalue weighted by Gasteiger charge is 2.45. The molecule has 0 amide bonds. The Labute approximate surface area is 112 Å². The predicted molar refractivity (Wildman–Crippen MR) is 73.8 cm³/mol. The van der Waals surface area contributed by atoms with Crippen molar-refractivity contribution in [3.05, 3.63) is 0 Å². The molecule has 18 heavy (non-hydrogen) atoms. The zero-order valence-electron chi connectivity index (χ0n) is 12.0. The molecule has 0 aromatic heterocycles. The molecule has 2 aliphatic rings. The fourth-order valence-corrected chi connectivity index (χ4v) is 3.75. The Morgan fingerprint density at radius 2 is 1.94 bits per heavy atom. The molecule has 3 nitrogen and oxygen atoms in total. The summed E-state index contributed by atoms with van der Waals surface area (Å²) in [5, 5.41) is 3.79. The molecule has 0 spiro atoms. The summed E-state index contributed by atoms with van der Waals surface area (Å²) >= 11 is 0. The average Bonchev–Trinajstić information content (AvgIpc) is 2.90. The number of hydrogen-bond acceptors (Lipinski definition) is 3. The van der Waals surface area contributed by atoms with E-state index in [0.29, 0.717) is 6.04 Å². The highest BCUT2D eigenvalue weighted by molar-refractivity contribution is 5.00. The van der Waals surface area contributed by atoms with Gasteiger partial charge in [-0.05, 0) is 44.6 Å². The summed E-state index contributed by atoms with van der Waals surface area (Å²) in [5.74, 6) is 0.725. The quantitative estimate of drug-likeness (QED) is 0.791. The smallest absolute Gasteiger partial charge is 0.0833 e. The minimum Gasteiger partial charge on any atom is -0.381 e. The van der Waals surface area contributed by atoms with Crippen LogP contribution >= 0.6 is 0 Å². The van der Waals surface area contributed by atoms with Gasteiger partial charge in [0.25, 0.3) is 0 Å². The summed E-state index contributed by atoms with van der Waals surface area (Å²) in [6, 6.07) is 0.522. The minimum absolute atomic E-state index is 0.0944. The third-order valence-electron chi connectivity index (χ3n) is 4.77. The fraction of sp³-hybridized carbons (Fsp3) is 1.00. The van der Waals surface area contributed by atoms with Crippen molar-refractivity contribution in [2.45, 2.75) is 63.5 Å². The van der Waals surface area contributed by atoms with Gasteiger partial charge in [0.05, 0.1) is 5.60 Å². The number of ether oxygens (including phenoxy) is 2. The molecule has 1 saturated carbocycles. The van der Waals surface area contributed by atoms with Crippen molar-refractivity contribution < 1.29 is 9.47 Å². The van der Waals surface area contributed by atoms with E-state index < -0.39 is 0 Å². The molecule has 0 bridgehead atoms. The lowest BCUT2D eigenvalue weighted by Gasteiger charge is -2.43. The lowest BCUT2D eigenvalue weighted by molar-refractivity contribution is -0.0678. The molecular formula is C15H29NO2. The number of nitrogens with one attached hydrogen (secondary N) is 1. The van der Waals surface area contributed by atoms with Gasteiger partial charge in [0.15, 0.2) is 0 Å². The van der Waals surface area contributed by atoms with Crippen LogP contribution in [0.2, 0.25) is 0 Å². The summed E-state index contributed by atoms with van der Waals surface area (Å²) in [4.78, 5) is 0. The van der Waals surface area contributed by atoms with Gasteiger partial charge in [0, 0.05) is 26.4 Å². The van der Waals surface area contributed by atoms with Crippen molar-refractivity contribution >= 4 is 0 Å². The maximum atomic E-state index is 6.01. The van der Waals surface area contributed by atoms with E-state index in [2.05, 4.69) is 12.2 Å². The Kier molecular flexibility index (Phi) is 5.46. The van der Waals surface area contributed by atoms with Crippen molar-refractivity contribution in [1.29, 1.82) is 0 Å². The van der Waals surface area contributed by atoms with Crippen molar-refractivity contribution in [3.63, 3.8) is 0 Å². The Hall–Kier alpha value is -0.120. The van der Waals surface area contributed by atoms with Gasteiger partial charge in [-0.25, -0.2) is 0 Å². The second kappa shape index (κ2) is 6.88. The first-order valence-electron chi connectivity index (χ1n) is 7.68. The van der Waals surface area contributed by atoms with Crippen LogP contribution in [0.4, 0.5) is 0 Å². The van der Waals surface area contributed by atoms with Gasteiger partial charge < -0.3 is 14.8 Å². The van der Waals surface area contributed by atoms with E-state index in [4.69, 9.17) is 9.47 Å². The van der Waals surface area contributed by atoms with E-state index in [1.165, 1.54) is 44.9 Å². The molecule has 2 fully saturated rings. The Balaban J connectivity index is 2.06. The Bertz CT molecular complexity index is 233. The first-order valence-corrected chi connectivity index (χ1v) is 7.68. The molecule has 3 heteroatoms. The fourth-order valence-electron chi connectivity index (χ4n) is 3.75. The first-order chi connectivity index (χ1) is 8.82. The molecular weight excluding hydrogens is 226 g/mol. The van der Waals surface area contributed by atoms with Crippen LogP contribution in [0, 0.1) is 5.92 Å². The van der Waals surface area contributed by atoms with Gasteiger partial charge in [-0.15, -0.1) is 0 Å². The first kappa shape index (κ1) is 14.3. The van der Waals surface area contributed by atoms with Crippen LogP contribution in [-0.2, 0) is 9.47 Å². The maximum Gasteiger partial charge on any atom is 0.0833 e. The molecule has 1 aliphatic carbocycles. The molecule has 1 atom stereocenters. The Morgan fingerprint density at radius 1 is 1.28 bits per heavy atom. The van der Waals surface area contributed by atoms with E-state index in [0.717, 1.165) is 25.7 Å². The summed E-state index contributed by atoms with van der Waals surface area (Å²) in [5.41, 5.74) is 0.0944. The Morgan fingerprint density at radius 3 is 2.50 bits per heavy atom. The number of methoxy groups -OCH3 is 1. The van der Waals surface area contributed by atoms with Gasteiger partial charge in [-0.3, -0.25) is 0 Å². The summed E-state index contributed by atoms with van der Waals surface area (Å²) < 4.78 is 11.5. The average molecular weight is 255 g/mol. The molecule has 2 rings (SSSR count). The lowest BCUT2D eigenvalue weighted by Crippen LogP contribution is -2.55. The normalized spacial score (nSPS) is 26.3. The van der Waals surface area contributed by atoms with E-state index in [1.54, 1.807) is 0 Å². The zero-order chi connectivity index (χ0) is 12.8. The largest absolute Gasteiger partial charge is 0.381 e. The van der Waals surface area contributed by atoms with Gasteiger partial charge in [0.1, 0.15) is 0 Å². The summed E-state index contributed by atoms with van der Waals surface area (Å²) in [6.45, 7) is 5.19. The molecule has 0 aromatic rings. The topological polar surface area (TPSA) is 30.5 Å². The second-order valence-electron chi connectivity index (χ2n) is 5.86. The third kappa shape index (κ3) is 3.06. The van der Waals surface area contributed by atoms with Gasteiger partial charge >= 0.3 is 0 Å². The molecule has 1 saturated heterocycles. The molecule has 1 unspecified atom stereocenters. The van der Waals surface area contributed by atoms with Crippen LogP contribution < -0.4 is 5.32 Å². The van der Waals surface area contributed by atoms with Crippen molar-refractivity contribution in [1.82, 2.24) is 5.32 Å². The summed E-state index contributed by atoms with van der Waals surface area (Å²) in [6.07, 6.45) is 8.66. The van der Waals surface area contributed by atoms with Crippen LogP contribution in [0.1, 0.15) is 51.9 Å². The molecule has 106 valence electrons. The zero-order valence-corrected chi connectivity index (χ0v) is 12.0. The van der Waals surface area contributed by atoms with Crippen LogP contribution in [0.25, 0.3) is 0 Å². The lowest BCUT2D eigenvalue weighted by atomic mass is 9.79. The molecule has 1 heterocycles. The van der Waals surface area contributed by atoms with Crippen molar-refractivity contribution in [3.8, 4) is 0 Å². The SMILES string of the molecule is CCCNC(C1CCOCC1)C1(OC)CCCC1. The van der Waals surface area contributed by atoms with E-state index in [1.807, 2.05) is 7.11 Å². The standard InChI is InChI=1S/C15H29NO2/c1-3-10-16-14(13-6-11-18-12-7-13)15(17-2)8-4-5-9-15/h13-14,16H,3-12H2,1-2H3. The van der Waals surface area contributed by atoms with Crippen molar-refractivity contribution in [2.24, 2.45) is 5.92 Å². The van der Waals surface area contributed by atoms with Crippen LogP contribution in [-0.4, -0.2) is 38.5 Å². The van der Waals surface area contributed by atoms with Gasteiger partial charge in [-0.1, -0.05) is 19.8 Å². The molecule has 1 N–H and O–H groups in total. The third-order valence-corrected chi connectivity index (χ3v) is 4.77.